The SMILES string of the molecule is COc1cccc2oc(-c3nc4ccccc4c(=O)n3N=Cc3cc(Br)c(OCC(N)=O)c(Br)c3)cc12. The van der Waals surface area contributed by atoms with E-state index in [2.05, 4.69) is 37.0 Å². The van der Waals surface area contributed by atoms with Gasteiger partial charge < -0.3 is 19.6 Å². The molecule has 11 heteroatoms. The normalized spacial score (nSPS) is 11.4. The molecule has 0 bridgehead atoms. The van der Waals surface area contributed by atoms with E-state index < -0.39 is 5.91 Å². The molecule has 37 heavy (non-hydrogen) atoms. The number of nitrogens with zero attached hydrogens (tertiary/aromatic N) is 3. The lowest BCUT2D eigenvalue weighted by Gasteiger charge is -2.10. The Balaban J connectivity index is 1.64. The number of ether oxygens (including phenoxy) is 2. The fourth-order valence-corrected chi connectivity index (χ4v) is 5.22. The molecule has 0 saturated heterocycles. The van der Waals surface area contributed by atoms with Crippen LogP contribution in [0.15, 0.2) is 83.9 Å². The fraction of sp³-hybridized carbons (Fsp3) is 0.0769. The molecule has 0 fully saturated rings. The van der Waals surface area contributed by atoms with Gasteiger partial charge in [0.05, 0.1) is 38.6 Å². The van der Waals surface area contributed by atoms with E-state index in [1.807, 2.05) is 24.3 Å². The molecular weight excluding hydrogens is 608 g/mol. The predicted molar refractivity (Wildman–Crippen MR) is 147 cm³/mol. The third-order valence-corrected chi connectivity index (χ3v) is 6.60. The average molecular weight is 626 g/mol. The van der Waals surface area contributed by atoms with Gasteiger partial charge in [-0.1, -0.05) is 18.2 Å². The Morgan fingerprint density at radius 3 is 2.59 bits per heavy atom. The van der Waals surface area contributed by atoms with Crippen LogP contribution >= 0.6 is 31.9 Å². The Bertz CT molecular complexity index is 1740. The van der Waals surface area contributed by atoms with Crippen LogP contribution in [-0.4, -0.2) is 35.5 Å². The van der Waals surface area contributed by atoms with Crippen molar-refractivity contribution in [3.63, 3.8) is 0 Å². The van der Waals surface area contributed by atoms with Gasteiger partial charge in [-0.05, 0) is 79.9 Å². The standard InChI is InChI=1S/C26H18Br2N4O5/c1-35-20-7-4-8-21-16(20)11-22(37-21)25-31-19-6-3-2-5-15(19)26(34)32(25)30-12-14-9-17(27)24(18(28)10-14)36-13-23(29)33/h2-12H,13H2,1H3,(H2,29,33). The molecule has 3 aromatic carbocycles. The van der Waals surface area contributed by atoms with Gasteiger partial charge in [-0.15, -0.1) is 0 Å². The number of fused-ring (bicyclic) bond motifs is 2. The van der Waals surface area contributed by atoms with Crippen molar-refractivity contribution in [1.29, 1.82) is 0 Å². The zero-order valence-electron chi connectivity index (χ0n) is 19.3. The molecule has 0 aliphatic heterocycles. The first kappa shape index (κ1) is 24.7. The van der Waals surface area contributed by atoms with Gasteiger partial charge in [-0.25, -0.2) is 4.98 Å². The zero-order chi connectivity index (χ0) is 26.1. The molecule has 0 saturated carbocycles. The van der Waals surface area contributed by atoms with Crippen LogP contribution in [0.1, 0.15) is 5.56 Å². The summed E-state index contributed by atoms with van der Waals surface area (Å²) in [5.74, 6) is 1.05. The Labute approximate surface area is 226 Å². The van der Waals surface area contributed by atoms with E-state index in [9.17, 15) is 9.59 Å². The molecule has 5 rings (SSSR count). The average Bonchev–Trinajstić information content (AvgIpc) is 3.32. The molecule has 0 radical (unpaired) electrons. The number of carbonyl (C=O) groups excluding carboxylic acids is 1. The van der Waals surface area contributed by atoms with Gasteiger partial charge in [-0.2, -0.15) is 9.78 Å². The van der Waals surface area contributed by atoms with Gasteiger partial charge in [0.1, 0.15) is 17.1 Å². The maximum absolute atomic E-state index is 13.5. The number of halogens is 2. The van der Waals surface area contributed by atoms with Crippen LogP contribution in [0.5, 0.6) is 11.5 Å². The van der Waals surface area contributed by atoms with Crippen LogP contribution in [0.3, 0.4) is 0 Å². The molecule has 9 nitrogen and oxygen atoms in total. The first-order valence-corrected chi connectivity index (χ1v) is 12.5. The summed E-state index contributed by atoms with van der Waals surface area (Å²) in [4.78, 5) is 29.3. The highest BCUT2D eigenvalue weighted by Crippen LogP contribution is 2.35. The van der Waals surface area contributed by atoms with E-state index in [4.69, 9.17) is 24.6 Å². The number of methoxy groups -OCH3 is 1. The minimum absolute atomic E-state index is 0.234. The maximum atomic E-state index is 13.5. The van der Waals surface area contributed by atoms with Crippen LogP contribution in [0.2, 0.25) is 0 Å². The summed E-state index contributed by atoms with van der Waals surface area (Å²) in [5.41, 5.74) is 6.56. The van der Waals surface area contributed by atoms with E-state index in [0.29, 0.717) is 48.3 Å². The quantitative estimate of drug-likeness (QED) is 0.252. The number of amides is 1. The highest BCUT2D eigenvalue weighted by atomic mass is 79.9. The maximum Gasteiger partial charge on any atom is 0.282 e. The monoisotopic (exact) mass is 624 g/mol. The topological polar surface area (TPSA) is 122 Å². The van der Waals surface area contributed by atoms with E-state index in [1.54, 1.807) is 43.5 Å². The van der Waals surface area contributed by atoms with Crippen molar-refractivity contribution in [3.05, 3.63) is 85.5 Å². The third-order valence-electron chi connectivity index (χ3n) is 5.42. The van der Waals surface area contributed by atoms with E-state index in [1.165, 1.54) is 10.9 Å². The van der Waals surface area contributed by atoms with Crippen LogP contribution < -0.4 is 20.8 Å². The van der Waals surface area contributed by atoms with E-state index in [0.717, 1.165) is 5.39 Å². The summed E-state index contributed by atoms with van der Waals surface area (Å²) >= 11 is 6.86. The minimum Gasteiger partial charge on any atom is -0.496 e. The Hall–Kier alpha value is -3.96. The number of furan rings is 1. The van der Waals surface area contributed by atoms with Crippen LogP contribution in [0.25, 0.3) is 33.5 Å². The summed E-state index contributed by atoms with van der Waals surface area (Å²) in [5, 5.41) is 5.63. The molecular formula is C26H18Br2N4O5. The molecule has 0 atom stereocenters. The second-order valence-corrected chi connectivity index (χ2v) is 9.57. The molecule has 0 spiro atoms. The number of hydrogen-bond acceptors (Lipinski definition) is 7. The van der Waals surface area contributed by atoms with Crippen LogP contribution in [0.4, 0.5) is 0 Å². The first-order valence-electron chi connectivity index (χ1n) is 10.9. The zero-order valence-corrected chi connectivity index (χ0v) is 22.4. The lowest BCUT2D eigenvalue weighted by atomic mass is 10.2. The first-order chi connectivity index (χ1) is 17.9. The van der Waals surface area contributed by atoms with Crippen LogP contribution in [0, 0.1) is 0 Å². The Morgan fingerprint density at radius 1 is 1.11 bits per heavy atom. The predicted octanol–water partition coefficient (Wildman–Crippen LogP) is 5.09. The second-order valence-electron chi connectivity index (χ2n) is 7.87. The molecule has 0 unspecified atom stereocenters. The van der Waals surface area contributed by atoms with Crippen molar-refractivity contribution in [3.8, 4) is 23.1 Å². The molecule has 186 valence electrons. The molecule has 2 N–H and O–H groups in total. The molecule has 5 aromatic rings. The molecule has 2 aromatic heterocycles. The van der Waals surface area contributed by atoms with Crippen molar-refractivity contribution in [1.82, 2.24) is 9.66 Å². The Kier molecular flexibility index (Phi) is 6.81. The number of benzene rings is 3. The van der Waals surface area contributed by atoms with Gasteiger partial charge in [0, 0.05) is 0 Å². The number of primary amides is 1. The highest BCUT2D eigenvalue weighted by Gasteiger charge is 2.18. The largest absolute Gasteiger partial charge is 0.496 e. The second kappa shape index (κ2) is 10.2. The van der Waals surface area contributed by atoms with E-state index in [-0.39, 0.29) is 18.0 Å². The molecule has 1 amide bonds. The van der Waals surface area contributed by atoms with Crippen molar-refractivity contribution in [2.24, 2.45) is 10.8 Å². The van der Waals surface area contributed by atoms with Gasteiger partial charge in [0.15, 0.2) is 12.4 Å². The molecule has 2 heterocycles. The number of aromatic nitrogens is 2. The highest BCUT2D eigenvalue weighted by molar-refractivity contribution is 9.11. The smallest absolute Gasteiger partial charge is 0.282 e. The van der Waals surface area contributed by atoms with Crippen molar-refractivity contribution in [2.45, 2.75) is 0 Å². The Morgan fingerprint density at radius 2 is 1.86 bits per heavy atom. The molecule has 0 aliphatic rings. The van der Waals surface area contributed by atoms with Gasteiger partial charge in [0.25, 0.3) is 11.5 Å². The number of nitrogens with two attached hydrogens (primary N) is 1. The summed E-state index contributed by atoms with van der Waals surface area (Å²) in [6, 6.07) is 17.7. The van der Waals surface area contributed by atoms with Gasteiger partial charge >= 0.3 is 0 Å². The number of para-hydroxylation sites is 1. The minimum atomic E-state index is -0.594. The number of carbonyl (C=O) groups is 1. The molecule has 0 aliphatic carbocycles. The summed E-state index contributed by atoms with van der Waals surface area (Å²) in [6.45, 7) is -0.269. The van der Waals surface area contributed by atoms with Crippen molar-refractivity contribution in [2.75, 3.05) is 13.7 Å². The summed E-state index contributed by atoms with van der Waals surface area (Å²) in [7, 11) is 1.58. The number of hydrogen-bond donors (Lipinski definition) is 1. The summed E-state index contributed by atoms with van der Waals surface area (Å²) in [6.07, 6.45) is 1.51. The van der Waals surface area contributed by atoms with Crippen molar-refractivity contribution >= 4 is 65.9 Å². The lowest BCUT2D eigenvalue weighted by molar-refractivity contribution is -0.119. The lowest BCUT2D eigenvalue weighted by Crippen LogP contribution is -2.20. The fourth-order valence-electron chi connectivity index (χ4n) is 3.77. The van der Waals surface area contributed by atoms with Crippen LogP contribution in [-0.2, 0) is 4.79 Å². The third kappa shape index (κ3) is 4.87. The van der Waals surface area contributed by atoms with Gasteiger partial charge in [-0.3, -0.25) is 9.59 Å². The van der Waals surface area contributed by atoms with E-state index >= 15 is 0 Å². The van der Waals surface area contributed by atoms with Crippen molar-refractivity contribution < 1.29 is 18.7 Å². The summed E-state index contributed by atoms with van der Waals surface area (Å²) < 4.78 is 19.3. The number of rotatable bonds is 7. The van der Waals surface area contributed by atoms with Gasteiger partial charge in [0.2, 0.25) is 5.82 Å².